The Bertz CT molecular complexity index is 823. The second kappa shape index (κ2) is 5.57. The quantitative estimate of drug-likeness (QED) is 0.485. The third-order valence-corrected chi connectivity index (χ3v) is 9.84. The van der Waals surface area contributed by atoms with E-state index in [9.17, 15) is 13.2 Å². The van der Waals surface area contributed by atoms with E-state index in [1.165, 1.54) is 12.1 Å². The Hall–Kier alpha value is -0.860. The van der Waals surface area contributed by atoms with Crippen molar-refractivity contribution in [1.29, 1.82) is 0 Å². The Morgan fingerprint density at radius 1 is 1.08 bits per heavy atom. The van der Waals surface area contributed by atoms with Crippen molar-refractivity contribution < 1.29 is 17.9 Å². The van der Waals surface area contributed by atoms with Gasteiger partial charge in [0.2, 0.25) is 0 Å². The standard InChI is InChI=1S/C16H15Br2NO4S/c1-8-2-4-9(5-3-8)24(21,22)19-11-7-6-10-12(14(18)13(10)17)15(11)23-16(19)20/h2-7,10-15H,1H3/t10-,11-,12+,13+,14-,15-/m0/s1. The number of rotatable bonds is 2. The molecule has 6 atom stereocenters. The summed E-state index contributed by atoms with van der Waals surface area (Å²) in [5.41, 5.74) is 0.955. The molecule has 8 heteroatoms. The van der Waals surface area contributed by atoms with Crippen LogP contribution in [0.1, 0.15) is 5.56 Å². The van der Waals surface area contributed by atoms with Gasteiger partial charge in [-0.25, -0.2) is 13.2 Å². The summed E-state index contributed by atoms with van der Waals surface area (Å²) in [7, 11) is -3.94. The van der Waals surface area contributed by atoms with Crippen molar-refractivity contribution in [1.82, 2.24) is 4.31 Å². The van der Waals surface area contributed by atoms with Gasteiger partial charge < -0.3 is 4.74 Å². The van der Waals surface area contributed by atoms with Crippen LogP contribution >= 0.6 is 31.9 Å². The Morgan fingerprint density at radius 2 is 1.75 bits per heavy atom. The minimum absolute atomic E-state index is 0.0755. The molecule has 1 heterocycles. The summed E-state index contributed by atoms with van der Waals surface area (Å²) in [5, 5.41) is 0. The van der Waals surface area contributed by atoms with Crippen LogP contribution in [0.5, 0.6) is 0 Å². The number of carbonyl (C=O) groups excluding carboxylic acids is 1. The van der Waals surface area contributed by atoms with E-state index in [4.69, 9.17) is 4.74 Å². The van der Waals surface area contributed by atoms with Gasteiger partial charge in [-0.05, 0) is 25.0 Å². The Labute approximate surface area is 157 Å². The number of ether oxygens (including phenoxy) is 1. The molecule has 1 amide bonds. The maximum absolute atomic E-state index is 12.9. The van der Waals surface area contributed by atoms with Crippen molar-refractivity contribution in [3.05, 3.63) is 42.0 Å². The third-order valence-electron chi connectivity index (χ3n) is 5.00. The SMILES string of the molecule is Cc1ccc(S(=O)(=O)N2C(=O)O[C@@H]3[C@H]4[C@H](Br)[C@H](Br)[C@H]4C=C[C@@H]32)cc1. The zero-order valence-electron chi connectivity index (χ0n) is 12.7. The number of alkyl halides is 2. The van der Waals surface area contributed by atoms with Gasteiger partial charge in [-0.2, -0.15) is 4.31 Å². The number of hydrogen-bond acceptors (Lipinski definition) is 4. The molecule has 0 bridgehead atoms. The third kappa shape index (κ3) is 2.22. The number of hydrogen-bond donors (Lipinski definition) is 0. The lowest BCUT2D eigenvalue weighted by Gasteiger charge is -2.50. The van der Waals surface area contributed by atoms with Gasteiger partial charge in [0.15, 0.2) is 0 Å². The van der Waals surface area contributed by atoms with Crippen molar-refractivity contribution in [3.63, 3.8) is 0 Å². The number of amides is 1. The Balaban J connectivity index is 1.71. The van der Waals surface area contributed by atoms with Crippen LogP contribution in [0, 0.1) is 18.8 Å². The van der Waals surface area contributed by atoms with E-state index < -0.39 is 28.3 Å². The van der Waals surface area contributed by atoms with Crippen LogP contribution in [0.15, 0.2) is 41.3 Å². The molecule has 1 aromatic rings. The summed E-state index contributed by atoms with van der Waals surface area (Å²) >= 11 is 7.21. The molecule has 0 aromatic heterocycles. The Kier molecular flexibility index (Phi) is 3.85. The molecule has 1 aliphatic heterocycles. The topological polar surface area (TPSA) is 63.7 Å². The number of carbonyl (C=O) groups is 1. The molecule has 0 spiro atoms. The molecular weight excluding hydrogens is 462 g/mol. The van der Waals surface area contributed by atoms with Crippen LogP contribution in [-0.4, -0.2) is 40.6 Å². The van der Waals surface area contributed by atoms with Crippen LogP contribution in [0.4, 0.5) is 4.79 Å². The monoisotopic (exact) mass is 475 g/mol. The number of halogens is 2. The van der Waals surface area contributed by atoms with E-state index in [0.29, 0.717) is 0 Å². The molecule has 1 aromatic carbocycles. The fourth-order valence-electron chi connectivity index (χ4n) is 3.65. The number of allylic oxidation sites excluding steroid dienone is 1. The summed E-state index contributed by atoms with van der Waals surface area (Å²) in [4.78, 5) is 12.9. The molecular formula is C16H15Br2NO4S. The second-order valence-corrected chi connectivity index (χ2v) is 10.3. The molecule has 3 aliphatic rings. The predicted molar refractivity (Wildman–Crippen MR) is 95.8 cm³/mol. The van der Waals surface area contributed by atoms with Crippen molar-refractivity contribution in [2.75, 3.05) is 0 Å². The van der Waals surface area contributed by atoms with E-state index in [0.717, 1.165) is 9.87 Å². The van der Waals surface area contributed by atoms with Crippen LogP contribution in [-0.2, 0) is 14.8 Å². The predicted octanol–water partition coefficient (Wildman–Crippen LogP) is 3.22. The fourth-order valence-corrected chi connectivity index (χ4v) is 6.99. The van der Waals surface area contributed by atoms with Crippen molar-refractivity contribution >= 4 is 48.0 Å². The van der Waals surface area contributed by atoms with E-state index in [1.54, 1.807) is 18.2 Å². The summed E-state index contributed by atoms with van der Waals surface area (Å²) in [5.74, 6) is 0.317. The van der Waals surface area contributed by atoms with Crippen LogP contribution in [0.3, 0.4) is 0 Å². The number of nitrogens with zero attached hydrogens (tertiary/aromatic N) is 1. The van der Waals surface area contributed by atoms with Gasteiger partial charge in [0.05, 0.1) is 4.90 Å². The molecule has 0 unspecified atom stereocenters. The summed E-state index contributed by atoms with van der Waals surface area (Å²) in [6.07, 6.45) is 2.53. The highest BCUT2D eigenvalue weighted by atomic mass is 79.9. The molecule has 1 saturated heterocycles. The van der Waals surface area contributed by atoms with Crippen LogP contribution in [0.25, 0.3) is 0 Å². The highest BCUT2D eigenvalue weighted by molar-refractivity contribution is 9.12. The zero-order valence-corrected chi connectivity index (χ0v) is 16.7. The Morgan fingerprint density at radius 3 is 2.42 bits per heavy atom. The van der Waals surface area contributed by atoms with Crippen molar-refractivity contribution in [3.8, 4) is 0 Å². The summed E-state index contributed by atoms with van der Waals surface area (Å²) < 4.78 is 32.2. The minimum atomic E-state index is -3.94. The lowest BCUT2D eigenvalue weighted by molar-refractivity contribution is 0.0417. The molecule has 0 N–H and O–H groups in total. The average molecular weight is 477 g/mol. The number of fused-ring (bicyclic) bond motifs is 3. The van der Waals surface area contributed by atoms with Gasteiger partial charge in [-0.1, -0.05) is 61.7 Å². The van der Waals surface area contributed by atoms with Gasteiger partial charge in [0, 0.05) is 15.6 Å². The maximum Gasteiger partial charge on any atom is 0.424 e. The first-order valence-corrected chi connectivity index (χ1v) is 10.9. The maximum atomic E-state index is 12.9. The first-order valence-electron chi connectivity index (χ1n) is 7.60. The molecule has 2 aliphatic carbocycles. The molecule has 24 heavy (non-hydrogen) atoms. The summed E-state index contributed by atoms with van der Waals surface area (Å²) in [6, 6.07) is 5.88. The van der Waals surface area contributed by atoms with Crippen molar-refractivity contribution in [2.45, 2.75) is 33.6 Å². The molecule has 2 fully saturated rings. The van der Waals surface area contributed by atoms with Crippen molar-refractivity contribution in [2.24, 2.45) is 11.8 Å². The van der Waals surface area contributed by atoms with E-state index in [2.05, 4.69) is 31.9 Å². The number of aryl methyl sites for hydroxylation is 1. The van der Waals surface area contributed by atoms with Gasteiger partial charge in [0.25, 0.3) is 10.0 Å². The summed E-state index contributed by atoms with van der Waals surface area (Å²) in [6.45, 7) is 1.88. The fraction of sp³-hybridized carbons (Fsp3) is 0.438. The average Bonchev–Trinajstić information content (AvgIpc) is 2.89. The van der Waals surface area contributed by atoms with Crippen LogP contribution < -0.4 is 0 Å². The van der Waals surface area contributed by atoms with Gasteiger partial charge in [-0.3, -0.25) is 0 Å². The first-order chi connectivity index (χ1) is 11.3. The second-order valence-electron chi connectivity index (χ2n) is 6.38. The van der Waals surface area contributed by atoms with Gasteiger partial charge >= 0.3 is 6.09 Å². The zero-order chi connectivity index (χ0) is 17.2. The normalized spacial score (nSPS) is 37.5. The molecule has 0 radical (unpaired) electrons. The highest BCUT2D eigenvalue weighted by Gasteiger charge is 2.61. The largest absolute Gasteiger partial charge is 0.442 e. The first kappa shape index (κ1) is 16.6. The lowest BCUT2D eigenvalue weighted by Crippen LogP contribution is -2.58. The number of benzene rings is 1. The van der Waals surface area contributed by atoms with Gasteiger partial charge in [0.1, 0.15) is 12.1 Å². The number of sulfonamides is 1. The van der Waals surface area contributed by atoms with E-state index >= 15 is 0 Å². The minimum Gasteiger partial charge on any atom is -0.442 e. The molecule has 4 rings (SSSR count). The lowest BCUT2D eigenvalue weighted by atomic mass is 9.66. The van der Waals surface area contributed by atoms with Gasteiger partial charge in [-0.15, -0.1) is 0 Å². The highest BCUT2D eigenvalue weighted by Crippen LogP contribution is 2.53. The molecule has 128 valence electrons. The molecule has 5 nitrogen and oxygen atoms in total. The van der Waals surface area contributed by atoms with Crippen LogP contribution in [0.2, 0.25) is 0 Å². The van der Waals surface area contributed by atoms with E-state index in [-0.39, 0.29) is 26.4 Å². The van der Waals surface area contributed by atoms with E-state index in [1.807, 2.05) is 13.0 Å². The smallest absolute Gasteiger partial charge is 0.424 e. The molecule has 1 saturated carbocycles.